The summed E-state index contributed by atoms with van der Waals surface area (Å²) in [7, 11) is 0. The second-order valence-corrected chi connectivity index (χ2v) is 7.07. The van der Waals surface area contributed by atoms with Crippen molar-refractivity contribution in [3.8, 4) is 0 Å². The third kappa shape index (κ3) is 4.76. The quantitative estimate of drug-likeness (QED) is 0.484. The Morgan fingerprint density at radius 3 is 2.50 bits per heavy atom. The Morgan fingerprint density at radius 1 is 1.23 bits per heavy atom. The van der Waals surface area contributed by atoms with Crippen molar-refractivity contribution in [3.63, 3.8) is 0 Å². The predicted molar refractivity (Wildman–Crippen MR) is 106 cm³/mol. The van der Waals surface area contributed by atoms with E-state index in [0.29, 0.717) is 5.56 Å². The molecular formula is C16H14BrIN2OS. The molecule has 0 spiro atoms. The van der Waals surface area contributed by atoms with Gasteiger partial charge in [0.2, 0.25) is 0 Å². The Hall–Kier alpha value is -0.990. The minimum absolute atomic E-state index is 0.215. The van der Waals surface area contributed by atoms with E-state index in [1.807, 2.05) is 30.3 Å². The van der Waals surface area contributed by atoms with Crippen molar-refractivity contribution in [3.05, 3.63) is 61.6 Å². The van der Waals surface area contributed by atoms with E-state index in [2.05, 4.69) is 56.1 Å². The lowest BCUT2D eigenvalue weighted by atomic mass is 10.1. The summed E-state index contributed by atoms with van der Waals surface area (Å²) < 4.78 is 2.00. The van der Waals surface area contributed by atoms with Gasteiger partial charge in [-0.15, -0.1) is 0 Å². The van der Waals surface area contributed by atoms with Gasteiger partial charge in [0.25, 0.3) is 5.91 Å². The molecule has 0 aliphatic carbocycles. The van der Waals surface area contributed by atoms with Crippen LogP contribution in [0, 0.1) is 3.57 Å². The molecule has 1 amide bonds. The summed E-state index contributed by atoms with van der Waals surface area (Å²) in [6.45, 7) is 2.08. The molecule has 2 rings (SSSR count). The summed E-state index contributed by atoms with van der Waals surface area (Å²) in [6, 6.07) is 13.3. The maximum absolute atomic E-state index is 12.1. The molecule has 2 N–H and O–H groups in total. The van der Waals surface area contributed by atoms with E-state index >= 15 is 0 Å². The molecule has 0 saturated heterocycles. The van der Waals surface area contributed by atoms with Gasteiger partial charge < -0.3 is 5.32 Å². The van der Waals surface area contributed by atoms with Crippen LogP contribution in [-0.4, -0.2) is 11.0 Å². The standard InChI is InChI=1S/C16H14BrIN2OS/c1-2-10-3-5-11(6-4-10)15(21)20-16(22)19-14-8-7-12(17)9-13(14)18/h3-9H,2H2,1H3,(H2,19,20,21,22). The average Bonchev–Trinajstić information content (AvgIpc) is 2.50. The van der Waals surface area contributed by atoms with Crippen LogP contribution in [0.15, 0.2) is 46.9 Å². The number of carbonyl (C=O) groups is 1. The second kappa shape index (κ2) is 8.03. The maximum atomic E-state index is 12.1. The molecule has 0 heterocycles. The van der Waals surface area contributed by atoms with Crippen LogP contribution in [0.3, 0.4) is 0 Å². The zero-order valence-electron chi connectivity index (χ0n) is 11.8. The largest absolute Gasteiger partial charge is 0.332 e. The zero-order chi connectivity index (χ0) is 16.1. The van der Waals surface area contributed by atoms with Gasteiger partial charge in [-0.3, -0.25) is 10.1 Å². The molecule has 0 aliphatic heterocycles. The number of nitrogens with one attached hydrogen (secondary N) is 2. The molecule has 22 heavy (non-hydrogen) atoms. The molecule has 0 radical (unpaired) electrons. The summed E-state index contributed by atoms with van der Waals surface area (Å²) >= 11 is 10.8. The van der Waals surface area contributed by atoms with Crippen molar-refractivity contribution in [1.82, 2.24) is 5.32 Å². The topological polar surface area (TPSA) is 41.1 Å². The number of hydrogen-bond acceptors (Lipinski definition) is 2. The molecule has 6 heteroatoms. The number of benzene rings is 2. The van der Waals surface area contributed by atoms with Crippen LogP contribution in [0.1, 0.15) is 22.8 Å². The van der Waals surface area contributed by atoms with Gasteiger partial charge in [0.15, 0.2) is 5.11 Å². The van der Waals surface area contributed by atoms with E-state index in [9.17, 15) is 4.79 Å². The van der Waals surface area contributed by atoms with Crippen LogP contribution in [0.2, 0.25) is 0 Å². The fraction of sp³-hybridized carbons (Fsp3) is 0.125. The molecular weight excluding hydrogens is 475 g/mol. The number of rotatable bonds is 3. The van der Waals surface area contributed by atoms with Gasteiger partial charge in [-0.25, -0.2) is 0 Å². The first-order valence-electron chi connectivity index (χ1n) is 6.66. The molecule has 3 nitrogen and oxygen atoms in total. The predicted octanol–water partition coefficient (Wildman–Crippen LogP) is 4.74. The molecule has 0 fully saturated rings. The number of anilines is 1. The van der Waals surface area contributed by atoms with Gasteiger partial charge in [-0.05, 0) is 77.1 Å². The normalized spacial score (nSPS) is 10.1. The second-order valence-electron chi connectivity index (χ2n) is 4.58. The summed E-state index contributed by atoms with van der Waals surface area (Å²) in [5.41, 5.74) is 2.64. The zero-order valence-corrected chi connectivity index (χ0v) is 16.4. The first-order chi connectivity index (χ1) is 10.5. The van der Waals surface area contributed by atoms with Gasteiger partial charge >= 0.3 is 0 Å². The van der Waals surface area contributed by atoms with Gasteiger partial charge in [0, 0.05) is 13.6 Å². The molecule has 0 unspecified atom stereocenters. The Labute approximate surface area is 157 Å². The highest BCUT2D eigenvalue weighted by Crippen LogP contribution is 2.22. The number of thiocarbonyl (C=S) groups is 1. The Balaban J connectivity index is 2.00. The highest BCUT2D eigenvalue weighted by atomic mass is 127. The van der Waals surface area contributed by atoms with Crippen LogP contribution in [0.25, 0.3) is 0 Å². The molecule has 2 aromatic carbocycles. The lowest BCUT2D eigenvalue weighted by Gasteiger charge is -2.11. The van der Waals surface area contributed by atoms with Gasteiger partial charge in [-0.1, -0.05) is 35.0 Å². The van der Waals surface area contributed by atoms with Gasteiger partial charge in [0.05, 0.1) is 5.69 Å². The minimum atomic E-state index is -0.215. The number of aryl methyl sites for hydroxylation is 1. The molecule has 2 aromatic rings. The smallest absolute Gasteiger partial charge is 0.257 e. The van der Waals surface area contributed by atoms with E-state index in [-0.39, 0.29) is 11.0 Å². The number of halogens is 2. The van der Waals surface area contributed by atoms with Crippen LogP contribution in [0.5, 0.6) is 0 Å². The van der Waals surface area contributed by atoms with E-state index in [1.165, 1.54) is 5.56 Å². The summed E-state index contributed by atoms with van der Waals surface area (Å²) in [5.74, 6) is -0.215. The van der Waals surface area contributed by atoms with E-state index in [1.54, 1.807) is 12.1 Å². The average molecular weight is 489 g/mol. The number of carbonyl (C=O) groups excluding carboxylic acids is 1. The molecule has 114 valence electrons. The van der Waals surface area contributed by atoms with Gasteiger partial charge in [0.1, 0.15) is 0 Å². The fourth-order valence-electron chi connectivity index (χ4n) is 1.81. The first-order valence-corrected chi connectivity index (χ1v) is 8.94. The summed E-state index contributed by atoms with van der Waals surface area (Å²) in [4.78, 5) is 12.1. The minimum Gasteiger partial charge on any atom is -0.332 e. The van der Waals surface area contributed by atoms with E-state index in [0.717, 1.165) is 20.2 Å². The number of amides is 1. The van der Waals surface area contributed by atoms with Crippen molar-refractivity contribution < 1.29 is 4.79 Å². The number of hydrogen-bond donors (Lipinski definition) is 2. The lowest BCUT2D eigenvalue weighted by Crippen LogP contribution is -2.34. The van der Waals surface area contributed by atoms with Crippen LogP contribution >= 0.6 is 50.7 Å². The van der Waals surface area contributed by atoms with Crippen LogP contribution in [-0.2, 0) is 6.42 Å². The van der Waals surface area contributed by atoms with Crippen molar-refractivity contribution >= 4 is 67.4 Å². The molecule has 0 aromatic heterocycles. The van der Waals surface area contributed by atoms with E-state index < -0.39 is 0 Å². The summed E-state index contributed by atoms with van der Waals surface area (Å²) in [5, 5.41) is 6.00. The highest BCUT2D eigenvalue weighted by Gasteiger charge is 2.09. The van der Waals surface area contributed by atoms with Gasteiger partial charge in [-0.2, -0.15) is 0 Å². The SMILES string of the molecule is CCc1ccc(C(=O)NC(=S)Nc2ccc(Br)cc2I)cc1. The molecule has 0 aliphatic rings. The van der Waals surface area contributed by atoms with Crippen molar-refractivity contribution in [2.24, 2.45) is 0 Å². The maximum Gasteiger partial charge on any atom is 0.257 e. The molecule has 0 saturated carbocycles. The van der Waals surface area contributed by atoms with E-state index in [4.69, 9.17) is 12.2 Å². The Morgan fingerprint density at radius 2 is 1.91 bits per heavy atom. The fourth-order valence-corrected chi connectivity index (χ4v) is 3.45. The third-order valence-corrected chi connectivity index (χ3v) is 4.62. The lowest BCUT2D eigenvalue weighted by molar-refractivity contribution is 0.0977. The van der Waals surface area contributed by atoms with Crippen LogP contribution < -0.4 is 10.6 Å². The van der Waals surface area contributed by atoms with Crippen molar-refractivity contribution in [2.45, 2.75) is 13.3 Å². The molecule has 0 bridgehead atoms. The van der Waals surface area contributed by atoms with Crippen LogP contribution in [0.4, 0.5) is 5.69 Å². The first kappa shape index (κ1) is 17.4. The van der Waals surface area contributed by atoms with Crippen molar-refractivity contribution in [2.75, 3.05) is 5.32 Å². The Bertz CT molecular complexity index is 704. The Kier molecular flexibility index (Phi) is 6.34. The highest BCUT2D eigenvalue weighted by molar-refractivity contribution is 14.1. The monoisotopic (exact) mass is 488 g/mol. The molecule has 0 atom stereocenters. The van der Waals surface area contributed by atoms with Crippen molar-refractivity contribution in [1.29, 1.82) is 0 Å². The summed E-state index contributed by atoms with van der Waals surface area (Å²) in [6.07, 6.45) is 0.948. The third-order valence-electron chi connectivity index (χ3n) is 3.03.